The van der Waals surface area contributed by atoms with Crippen molar-refractivity contribution in [2.24, 2.45) is 0 Å². The lowest BCUT2D eigenvalue weighted by molar-refractivity contribution is 0.590. The van der Waals surface area contributed by atoms with Gasteiger partial charge in [-0.05, 0) is 155 Å². The number of rotatable bonds is 9. The average molecular weight is 903 g/mol. The van der Waals surface area contributed by atoms with Gasteiger partial charge in [0, 0.05) is 33.8 Å². The second-order valence-electron chi connectivity index (χ2n) is 20.6. The zero-order valence-corrected chi connectivity index (χ0v) is 41.0. The third kappa shape index (κ3) is 8.52. The summed E-state index contributed by atoms with van der Waals surface area (Å²) in [7, 11) is 0. The fourth-order valence-electron chi connectivity index (χ4n) is 10.1. The van der Waals surface area contributed by atoms with Crippen molar-refractivity contribution in [1.29, 1.82) is 0 Å². The molecule has 0 heterocycles. The molecule has 0 aliphatic carbocycles. The largest absolute Gasteiger partial charge is 0.311 e. The summed E-state index contributed by atoms with van der Waals surface area (Å²) in [5, 5.41) is 7.34. The van der Waals surface area contributed by atoms with E-state index in [1.165, 1.54) is 76.8 Å². The molecule has 0 aromatic heterocycles. The molecule has 0 aliphatic rings. The molecule has 0 N–H and O–H groups in total. The van der Waals surface area contributed by atoms with Gasteiger partial charge < -0.3 is 9.80 Å². The SMILES string of the molecule is CC(C)(C)c1ccc(N(c2ccc(-c3ccccc3)cc2)c2ccc(-c3cc4c5ccccc5c(N(c5ccc(-c6ccccc6)cc5)c5ccc(C(C)(C)C)cc5)cc4c4ccccc34)cc2)cc1. The molecule has 2 heteroatoms. The third-order valence-corrected chi connectivity index (χ3v) is 14.0. The Bertz CT molecular complexity index is 3600. The van der Waals surface area contributed by atoms with Gasteiger partial charge in [-0.25, -0.2) is 0 Å². The highest BCUT2D eigenvalue weighted by Crippen LogP contribution is 2.47. The molecular formula is C68H58N2. The lowest BCUT2D eigenvalue weighted by Crippen LogP contribution is -2.13. The Morgan fingerprint density at radius 1 is 0.243 bits per heavy atom. The van der Waals surface area contributed by atoms with Crippen molar-refractivity contribution in [2.45, 2.75) is 52.4 Å². The topological polar surface area (TPSA) is 6.48 Å². The second kappa shape index (κ2) is 18.0. The molecule has 0 amide bonds. The third-order valence-electron chi connectivity index (χ3n) is 14.0. The molecule has 0 unspecified atom stereocenters. The first-order valence-electron chi connectivity index (χ1n) is 24.6. The van der Waals surface area contributed by atoms with E-state index in [1.54, 1.807) is 0 Å². The van der Waals surface area contributed by atoms with E-state index in [0.717, 1.165) is 34.1 Å². The number of nitrogens with zero attached hydrogens (tertiary/aromatic N) is 2. The summed E-state index contributed by atoms with van der Waals surface area (Å²) >= 11 is 0. The van der Waals surface area contributed by atoms with E-state index in [2.05, 4.69) is 294 Å². The highest BCUT2D eigenvalue weighted by Gasteiger charge is 2.22. The lowest BCUT2D eigenvalue weighted by Gasteiger charge is -2.29. The van der Waals surface area contributed by atoms with Crippen LogP contribution in [0.1, 0.15) is 52.7 Å². The molecule has 0 aliphatic heterocycles. The molecule has 0 atom stereocenters. The van der Waals surface area contributed by atoms with Crippen LogP contribution >= 0.6 is 0 Å². The Morgan fingerprint density at radius 2 is 0.557 bits per heavy atom. The Balaban J connectivity index is 1.04. The predicted octanol–water partition coefficient (Wildman–Crippen LogP) is 19.7. The van der Waals surface area contributed by atoms with Crippen molar-refractivity contribution < 1.29 is 0 Å². The zero-order chi connectivity index (χ0) is 48.0. The quantitative estimate of drug-likeness (QED) is 0.133. The summed E-state index contributed by atoms with van der Waals surface area (Å²) in [5.41, 5.74) is 16.7. The first-order valence-corrected chi connectivity index (χ1v) is 24.6. The van der Waals surface area contributed by atoms with Crippen LogP contribution in [0.4, 0.5) is 34.1 Å². The molecule has 2 nitrogen and oxygen atoms in total. The summed E-state index contributed by atoms with van der Waals surface area (Å²) in [6.45, 7) is 13.6. The second-order valence-corrected chi connectivity index (χ2v) is 20.6. The van der Waals surface area contributed by atoms with Gasteiger partial charge in [-0.1, -0.05) is 211 Å². The van der Waals surface area contributed by atoms with E-state index in [-0.39, 0.29) is 10.8 Å². The first kappa shape index (κ1) is 44.3. The molecule has 11 aromatic carbocycles. The molecule has 11 aromatic rings. The molecule has 0 saturated carbocycles. The van der Waals surface area contributed by atoms with Gasteiger partial charge in [-0.3, -0.25) is 0 Å². The van der Waals surface area contributed by atoms with Gasteiger partial charge >= 0.3 is 0 Å². The molecule has 0 saturated heterocycles. The predicted molar refractivity (Wildman–Crippen MR) is 302 cm³/mol. The van der Waals surface area contributed by atoms with Crippen LogP contribution in [0.3, 0.4) is 0 Å². The summed E-state index contributed by atoms with van der Waals surface area (Å²) in [6.07, 6.45) is 0. The van der Waals surface area contributed by atoms with Crippen molar-refractivity contribution in [1.82, 2.24) is 0 Å². The van der Waals surface area contributed by atoms with E-state index in [4.69, 9.17) is 0 Å². The molecule has 0 radical (unpaired) electrons. The minimum absolute atomic E-state index is 0.0418. The van der Waals surface area contributed by atoms with E-state index < -0.39 is 0 Å². The van der Waals surface area contributed by atoms with Crippen LogP contribution in [0.25, 0.3) is 65.7 Å². The van der Waals surface area contributed by atoms with Crippen molar-refractivity contribution in [3.8, 4) is 33.4 Å². The molecular weight excluding hydrogens is 845 g/mol. The maximum absolute atomic E-state index is 2.45. The number of hydrogen-bond acceptors (Lipinski definition) is 2. The van der Waals surface area contributed by atoms with Crippen molar-refractivity contribution in [3.05, 3.63) is 254 Å². The average Bonchev–Trinajstić information content (AvgIpc) is 3.39. The van der Waals surface area contributed by atoms with Crippen LogP contribution in [-0.4, -0.2) is 0 Å². The van der Waals surface area contributed by atoms with Crippen LogP contribution in [0.5, 0.6) is 0 Å². The van der Waals surface area contributed by atoms with Crippen molar-refractivity contribution >= 4 is 66.4 Å². The van der Waals surface area contributed by atoms with E-state index >= 15 is 0 Å². The Morgan fingerprint density at radius 3 is 0.986 bits per heavy atom. The Kier molecular flexibility index (Phi) is 11.4. The van der Waals surface area contributed by atoms with Crippen LogP contribution in [0.2, 0.25) is 0 Å². The van der Waals surface area contributed by atoms with Gasteiger partial charge in [0.15, 0.2) is 0 Å². The van der Waals surface area contributed by atoms with Gasteiger partial charge in [0.1, 0.15) is 0 Å². The Hall–Kier alpha value is -8.20. The molecule has 11 rings (SSSR count). The normalized spacial score (nSPS) is 11.9. The maximum atomic E-state index is 2.45. The number of fused-ring (bicyclic) bond motifs is 5. The maximum Gasteiger partial charge on any atom is 0.0546 e. The van der Waals surface area contributed by atoms with E-state index in [1.807, 2.05) is 0 Å². The zero-order valence-electron chi connectivity index (χ0n) is 41.0. The highest BCUT2D eigenvalue weighted by atomic mass is 15.1. The minimum atomic E-state index is 0.0418. The van der Waals surface area contributed by atoms with Gasteiger partial charge in [0.2, 0.25) is 0 Å². The van der Waals surface area contributed by atoms with Crippen molar-refractivity contribution in [2.75, 3.05) is 9.80 Å². The summed E-state index contributed by atoms with van der Waals surface area (Å²) in [4.78, 5) is 4.82. The van der Waals surface area contributed by atoms with Gasteiger partial charge in [-0.15, -0.1) is 0 Å². The van der Waals surface area contributed by atoms with Gasteiger partial charge in [0.05, 0.1) is 5.69 Å². The highest BCUT2D eigenvalue weighted by molar-refractivity contribution is 6.24. The summed E-state index contributed by atoms with van der Waals surface area (Å²) in [6, 6.07) is 89.4. The molecule has 340 valence electrons. The van der Waals surface area contributed by atoms with Crippen molar-refractivity contribution in [3.63, 3.8) is 0 Å². The summed E-state index contributed by atoms with van der Waals surface area (Å²) < 4.78 is 0. The fraction of sp³-hybridized carbons (Fsp3) is 0.118. The Labute approximate surface area is 413 Å². The molecule has 0 spiro atoms. The van der Waals surface area contributed by atoms with Crippen LogP contribution in [-0.2, 0) is 10.8 Å². The molecule has 0 bridgehead atoms. The van der Waals surface area contributed by atoms with Gasteiger partial charge in [0.25, 0.3) is 0 Å². The number of anilines is 6. The monoisotopic (exact) mass is 902 g/mol. The van der Waals surface area contributed by atoms with Crippen LogP contribution in [0, 0.1) is 0 Å². The summed E-state index contributed by atoms with van der Waals surface area (Å²) in [5.74, 6) is 0. The number of hydrogen-bond donors (Lipinski definition) is 0. The van der Waals surface area contributed by atoms with E-state index in [9.17, 15) is 0 Å². The van der Waals surface area contributed by atoms with Gasteiger partial charge in [-0.2, -0.15) is 0 Å². The molecule has 0 fully saturated rings. The fourth-order valence-corrected chi connectivity index (χ4v) is 10.1. The number of benzene rings is 11. The van der Waals surface area contributed by atoms with E-state index in [0.29, 0.717) is 0 Å². The first-order chi connectivity index (χ1) is 34.0. The lowest BCUT2D eigenvalue weighted by atomic mass is 9.87. The minimum Gasteiger partial charge on any atom is -0.311 e. The van der Waals surface area contributed by atoms with Crippen LogP contribution < -0.4 is 9.80 Å². The standard InChI is InChI=1S/C68H58N2/c1-67(2,3)52-31-41-56(42-32-52)69(54-35-25-49(26-36-54)47-17-9-7-10-18-47)55-39-29-51(30-40-55)63-45-64-61-23-15-16-24-62(61)66(46-65(64)60-22-14-13-21-59(60)63)70(58-43-33-53(34-44-58)68(4,5)6)57-37-27-50(28-38-57)48-19-11-8-12-20-48/h7-46H,1-6H3. The van der Waals surface area contributed by atoms with Crippen LogP contribution in [0.15, 0.2) is 243 Å². The molecule has 70 heavy (non-hydrogen) atoms. The smallest absolute Gasteiger partial charge is 0.0546 e.